The number of aliphatic hydroxyl groups is 3. The van der Waals surface area contributed by atoms with Crippen LogP contribution in [-0.2, 0) is 14.3 Å². The summed E-state index contributed by atoms with van der Waals surface area (Å²) in [5.74, 6) is -0.495. The van der Waals surface area contributed by atoms with Crippen LogP contribution in [0.2, 0.25) is 0 Å². The Balaban J connectivity index is 2.45. The molecule has 0 amide bonds. The Morgan fingerprint density at radius 2 is 2.07 bits per heavy atom. The van der Waals surface area contributed by atoms with Gasteiger partial charge in [0.2, 0.25) is 6.29 Å². The number of rotatable bonds is 3. The second-order valence-corrected chi connectivity index (χ2v) is 3.49. The molecular weight excluding hydrogens is 204 g/mol. The Kier molecular flexibility index (Phi) is 4.46. The minimum Gasteiger partial charge on any atom is -0.433 e. The summed E-state index contributed by atoms with van der Waals surface area (Å²) in [7, 11) is 0. The van der Waals surface area contributed by atoms with Gasteiger partial charge in [-0.25, -0.2) is 0 Å². The van der Waals surface area contributed by atoms with Crippen molar-refractivity contribution >= 4 is 5.97 Å². The molecule has 6 heteroatoms. The first-order chi connectivity index (χ1) is 7.06. The highest BCUT2D eigenvalue weighted by Gasteiger charge is 2.39. The molecule has 0 spiro atoms. The highest BCUT2D eigenvalue weighted by atomic mass is 16.7. The molecule has 1 heterocycles. The summed E-state index contributed by atoms with van der Waals surface area (Å²) in [5.41, 5.74) is 0. The van der Waals surface area contributed by atoms with Gasteiger partial charge in [0, 0.05) is 6.42 Å². The van der Waals surface area contributed by atoms with E-state index in [1.165, 1.54) is 0 Å². The number of ether oxygens (including phenoxy) is 2. The molecule has 88 valence electrons. The van der Waals surface area contributed by atoms with Crippen LogP contribution in [0.25, 0.3) is 0 Å². The summed E-state index contributed by atoms with van der Waals surface area (Å²) < 4.78 is 9.67. The van der Waals surface area contributed by atoms with Crippen molar-refractivity contribution in [3.8, 4) is 0 Å². The van der Waals surface area contributed by atoms with Gasteiger partial charge in [-0.15, -0.1) is 0 Å². The van der Waals surface area contributed by atoms with Crippen molar-refractivity contribution in [2.45, 2.75) is 44.4 Å². The number of esters is 1. The fourth-order valence-corrected chi connectivity index (χ4v) is 1.28. The van der Waals surface area contributed by atoms with Gasteiger partial charge in [0.25, 0.3) is 0 Å². The minimum atomic E-state index is -1.41. The van der Waals surface area contributed by atoms with Gasteiger partial charge < -0.3 is 24.8 Å². The number of carbonyl (C=O) groups is 1. The van der Waals surface area contributed by atoms with Gasteiger partial charge in [-0.05, 0) is 6.42 Å². The van der Waals surface area contributed by atoms with E-state index in [2.05, 4.69) is 0 Å². The summed E-state index contributed by atoms with van der Waals surface area (Å²) in [4.78, 5) is 11.1. The van der Waals surface area contributed by atoms with Crippen LogP contribution in [-0.4, -0.2) is 52.5 Å². The number of aliphatic hydroxyl groups excluding tert-OH is 3. The average Bonchev–Trinajstić information content (AvgIpc) is 2.20. The number of carbonyl (C=O) groups excluding carboxylic acids is 1. The predicted molar refractivity (Wildman–Crippen MR) is 48.8 cm³/mol. The standard InChI is InChI=1S/C9H16O6/c1-2-3-6(11)15-9-8(13)7(12)5(10)4-14-9/h5,7-10,12-13H,2-4H2,1H3/t5-,7-,8-,9+/m1/s1. The van der Waals surface area contributed by atoms with E-state index in [0.29, 0.717) is 6.42 Å². The molecule has 0 aromatic heterocycles. The van der Waals surface area contributed by atoms with Crippen molar-refractivity contribution in [3.05, 3.63) is 0 Å². The molecule has 4 atom stereocenters. The van der Waals surface area contributed by atoms with E-state index in [1.54, 1.807) is 0 Å². The van der Waals surface area contributed by atoms with E-state index >= 15 is 0 Å². The first kappa shape index (κ1) is 12.4. The van der Waals surface area contributed by atoms with Crippen LogP contribution in [0.3, 0.4) is 0 Å². The monoisotopic (exact) mass is 220 g/mol. The highest BCUT2D eigenvalue weighted by Crippen LogP contribution is 2.17. The topological polar surface area (TPSA) is 96.2 Å². The zero-order chi connectivity index (χ0) is 11.4. The molecular formula is C9H16O6. The zero-order valence-corrected chi connectivity index (χ0v) is 8.50. The van der Waals surface area contributed by atoms with Crippen LogP contribution in [0.5, 0.6) is 0 Å². The lowest BCUT2D eigenvalue weighted by Crippen LogP contribution is -2.54. The summed E-state index contributed by atoms with van der Waals surface area (Å²) in [6, 6.07) is 0. The Morgan fingerprint density at radius 1 is 1.40 bits per heavy atom. The Hall–Kier alpha value is -0.690. The van der Waals surface area contributed by atoms with Crippen molar-refractivity contribution in [3.63, 3.8) is 0 Å². The molecule has 0 aliphatic carbocycles. The van der Waals surface area contributed by atoms with Gasteiger partial charge >= 0.3 is 5.97 Å². The third-order valence-electron chi connectivity index (χ3n) is 2.16. The van der Waals surface area contributed by atoms with Crippen LogP contribution < -0.4 is 0 Å². The molecule has 6 nitrogen and oxygen atoms in total. The van der Waals surface area contributed by atoms with Crippen molar-refractivity contribution in [2.75, 3.05) is 6.61 Å². The number of hydrogen-bond donors (Lipinski definition) is 3. The molecule has 3 N–H and O–H groups in total. The van der Waals surface area contributed by atoms with Crippen molar-refractivity contribution in [1.82, 2.24) is 0 Å². The Bertz CT molecular complexity index is 219. The lowest BCUT2D eigenvalue weighted by molar-refractivity contribution is -0.262. The average molecular weight is 220 g/mol. The molecule has 0 aromatic rings. The zero-order valence-electron chi connectivity index (χ0n) is 8.50. The first-order valence-electron chi connectivity index (χ1n) is 4.91. The van der Waals surface area contributed by atoms with Crippen molar-refractivity contribution in [2.24, 2.45) is 0 Å². The minimum absolute atomic E-state index is 0.164. The molecule has 1 rings (SSSR count). The molecule has 15 heavy (non-hydrogen) atoms. The molecule has 0 radical (unpaired) electrons. The SMILES string of the molecule is CCCC(=O)O[C@@H]1OC[C@@H](O)[C@@H](O)[C@H]1O. The smallest absolute Gasteiger partial charge is 0.308 e. The van der Waals surface area contributed by atoms with Gasteiger partial charge in [0.15, 0.2) is 0 Å². The lowest BCUT2D eigenvalue weighted by atomic mass is 10.1. The van der Waals surface area contributed by atoms with Crippen LogP contribution in [0.1, 0.15) is 19.8 Å². The van der Waals surface area contributed by atoms with Gasteiger partial charge in [0.05, 0.1) is 6.61 Å². The second-order valence-electron chi connectivity index (χ2n) is 3.49. The van der Waals surface area contributed by atoms with Gasteiger partial charge in [0.1, 0.15) is 18.3 Å². The molecule has 1 saturated heterocycles. The molecule has 1 fully saturated rings. The van der Waals surface area contributed by atoms with E-state index in [1.807, 2.05) is 6.92 Å². The van der Waals surface area contributed by atoms with Crippen LogP contribution >= 0.6 is 0 Å². The van der Waals surface area contributed by atoms with Crippen molar-refractivity contribution in [1.29, 1.82) is 0 Å². The molecule has 1 aliphatic heterocycles. The maximum absolute atomic E-state index is 11.1. The van der Waals surface area contributed by atoms with Crippen molar-refractivity contribution < 1.29 is 29.6 Å². The van der Waals surface area contributed by atoms with E-state index < -0.39 is 30.6 Å². The van der Waals surface area contributed by atoms with Crippen LogP contribution in [0, 0.1) is 0 Å². The summed E-state index contributed by atoms with van der Waals surface area (Å²) in [5, 5.41) is 27.8. The Labute approximate surface area is 87.4 Å². The molecule has 0 saturated carbocycles. The van der Waals surface area contributed by atoms with Gasteiger partial charge in [-0.2, -0.15) is 0 Å². The third kappa shape index (κ3) is 3.13. The van der Waals surface area contributed by atoms with E-state index in [0.717, 1.165) is 0 Å². The van der Waals surface area contributed by atoms with Crippen LogP contribution in [0.15, 0.2) is 0 Å². The molecule has 0 aromatic carbocycles. The second kappa shape index (κ2) is 5.41. The quantitative estimate of drug-likeness (QED) is 0.515. The maximum atomic E-state index is 11.1. The lowest BCUT2D eigenvalue weighted by Gasteiger charge is -2.34. The predicted octanol–water partition coefficient (Wildman–Crippen LogP) is -1.23. The number of hydrogen-bond acceptors (Lipinski definition) is 6. The largest absolute Gasteiger partial charge is 0.433 e. The fourth-order valence-electron chi connectivity index (χ4n) is 1.28. The maximum Gasteiger partial charge on any atom is 0.308 e. The highest BCUT2D eigenvalue weighted by molar-refractivity contribution is 5.69. The van der Waals surface area contributed by atoms with E-state index in [4.69, 9.17) is 14.6 Å². The van der Waals surface area contributed by atoms with Gasteiger partial charge in [-0.3, -0.25) is 4.79 Å². The summed E-state index contributed by atoms with van der Waals surface area (Å²) >= 11 is 0. The third-order valence-corrected chi connectivity index (χ3v) is 2.16. The summed E-state index contributed by atoms with van der Waals surface area (Å²) in [6.07, 6.45) is -4.24. The van der Waals surface area contributed by atoms with Gasteiger partial charge in [-0.1, -0.05) is 6.92 Å². The first-order valence-corrected chi connectivity index (χ1v) is 4.91. The van der Waals surface area contributed by atoms with Crippen LogP contribution in [0.4, 0.5) is 0 Å². The summed E-state index contributed by atoms with van der Waals surface area (Å²) in [6.45, 7) is 1.65. The Morgan fingerprint density at radius 3 is 2.67 bits per heavy atom. The van der Waals surface area contributed by atoms with E-state index in [-0.39, 0.29) is 13.0 Å². The van der Waals surface area contributed by atoms with E-state index in [9.17, 15) is 15.0 Å². The fraction of sp³-hybridized carbons (Fsp3) is 0.889. The normalized spacial score (nSPS) is 36.3. The molecule has 0 bridgehead atoms. The molecule has 1 aliphatic rings. The molecule has 0 unspecified atom stereocenters.